The number of ether oxygens (including phenoxy) is 1. The number of hydrogen-bond acceptors (Lipinski definition) is 5. The normalized spacial score (nSPS) is 10.8. The summed E-state index contributed by atoms with van der Waals surface area (Å²) in [6.07, 6.45) is 0. The molecule has 0 aliphatic carbocycles. The zero-order valence-electron chi connectivity index (χ0n) is 17.3. The largest absolute Gasteiger partial charge is 0.495 e. The fraction of sp³-hybridized carbons (Fsp3) is 0.125. The predicted molar refractivity (Wildman–Crippen MR) is 123 cm³/mol. The molecule has 0 unspecified atom stereocenters. The van der Waals surface area contributed by atoms with Crippen LogP contribution >= 0.6 is 11.8 Å². The molecule has 1 heterocycles. The Bertz CT molecular complexity index is 1200. The first kappa shape index (κ1) is 20.7. The van der Waals surface area contributed by atoms with Gasteiger partial charge in [-0.15, -0.1) is 10.2 Å². The second-order valence-corrected chi connectivity index (χ2v) is 7.97. The van der Waals surface area contributed by atoms with E-state index in [9.17, 15) is 4.79 Å². The lowest BCUT2D eigenvalue weighted by Crippen LogP contribution is -2.10. The van der Waals surface area contributed by atoms with Gasteiger partial charge >= 0.3 is 0 Å². The van der Waals surface area contributed by atoms with Crippen LogP contribution in [-0.2, 0) is 5.75 Å². The van der Waals surface area contributed by atoms with Crippen LogP contribution < -0.4 is 10.5 Å². The number of carbonyl (C=O) groups excluding carboxylic acids is 1. The Kier molecular flexibility index (Phi) is 6.04. The van der Waals surface area contributed by atoms with E-state index in [0.29, 0.717) is 11.3 Å². The van der Waals surface area contributed by atoms with E-state index >= 15 is 0 Å². The molecule has 0 spiro atoms. The Labute approximate surface area is 185 Å². The van der Waals surface area contributed by atoms with Crippen molar-refractivity contribution in [1.29, 1.82) is 0 Å². The number of nitrogens with zero attached hydrogens (tertiary/aromatic N) is 3. The Morgan fingerprint density at radius 3 is 2.39 bits per heavy atom. The monoisotopic (exact) mass is 430 g/mol. The third-order valence-electron chi connectivity index (χ3n) is 4.88. The standard InChI is InChI=1S/C24H22N4O2S/c1-16-7-11-19(12-8-16)23-26-27-24(28(23)20-5-3-4-6-21(20)30-2)31-15-17-9-13-18(14-10-17)22(25)29/h3-14H,15H2,1-2H3,(H2,25,29). The number of para-hydroxylation sites is 2. The molecule has 0 saturated heterocycles. The number of aromatic nitrogens is 3. The van der Waals surface area contributed by atoms with E-state index in [4.69, 9.17) is 10.5 Å². The molecule has 0 saturated carbocycles. The van der Waals surface area contributed by atoms with Crippen LogP contribution in [0.2, 0.25) is 0 Å². The summed E-state index contributed by atoms with van der Waals surface area (Å²) in [6.45, 7) is 2.06. The number of thioether (sulfide) groups is 1. The van der Waals surface area contributed by atoms with Gasteiger partial charge in [0.2, 0.25) is 5.91 Å². The van der Waals surface area contributed by atoms with Gasteiger partial charge in [0.1, 0.15) is 5.75 Å². The van der Waals surface area contributed by atoms with Crippen molar-refractivity contribution in [3.63, 3.8) is 0 Å². The number of benzene rings is 3. The molecule has 4 aromatic rings. The van der Waals surface area contributed by atoms with Gasteiger partial charge in [-0.2, -0.15) is 0 Å². The highest BCUT2D eigenvalue weighted by Crippen LogP contribution is 2.33. The number of aryl methyl sites for hydroxylation is 1. The molecule has 1 aromatic heterocycles. The van der Waals surface area contributed by atoms with Crippen molar-refractivity contribution in [2.75, 3.05) is 7.11 Å². The molecule has 0 atom stereocenters. The van der Waals surface area contributed by atoms with Crippen LogP contribution in [-0.4, -0.2) is 27.8 Å². The average Bonchev–Trinajstić information content (AvgIpc) is 3.22. The van der Waals surface area contributed by atoms with Crippen molar-refractivity contribution >= 4 is 17.7 Å². The number of methoxy groups -OCH3 is 1. The maximum atomic E-state index is 11.3. The molecule has 6 nitrogen and oxygen atoms in total. The van der Waals surface area contributed by atoms with Gasteiger partial charge in [-0.1, -0.05) is 65.9 Å². The SMILES string of the molecule is COc1ccccc1-n1c(SCc2ccc(C(N)=O)cc2)nnc1-c1ccc(C)cc1. The quantitative estimate of drug-likeness (QED) is 0.432. The van der Waals surface area contributed by atoms with E-state index in [1.54, 1.807) is 31.0 Å². The molecular weight excluding hydrogens is 408 g/mol. The number of primary amides is 1. The molecule has 7 heteroatoms. The summed E-state index contributed by atoms with van der Waals surface area (Å²) in [6, 6.07) is 23.3. The third-order valence-corrected chi connectivity index (χ3v) is 5.88. The van der Waals surface area contributed by atoms with Gasteiger partial charge < -0.3 is 10.5 Å². The molecule has 4 rings (SSSR count). The van der Waals surface area contributed by atoms with Crippen LogP contribution in [0.25, 0.3) is 17.1 Å². The fourth-order valence-corrected chi connectivity index (χ4v) is 4.10. The molecule has 31 heavy (non-hydrogen) atoms. The second-order valence-electron chi connectivity index (χ2n) is 7.03. The molecule has 156 valence electrons. The Balaban J connectivity index is 1.72. The zero-order valence-corrected chi connectivity index (χ0v) is 18.1. The van der Waals surface area contributed by atoms with Gasteiger partial charge in [-0.3, -0.25) is 9.36 Å². The highest BCUT2D eigenvalue weighted by atomic mass is 32.2. The van der Waals surface area contributed by atoms with E-state index in [0.717, 1.165) is 33.5 Å². The Morgan fingerprint density at radius 1 is 1.00 bits per heavy atom. The lowest BCUT2D eigenvalue weighted by atomic mass is 10.1. The molecule has 0 aliphatic heterocycles. The van der Waals surface area contributed by atoms with E-state index < -0.39 is 5.91 Å². The van der Waals surface area contributed by atoms with Crippen LogP contribution in [0, 0.1) is 6.92 Å². The maximum absolute atomic E-state index is 11.3. The summed E-state index contributed by atoms with van der Waals surface area (Å²) in [5.74, 6) is 1.72. The topological polar surface area (TPSA) is 83.0 Å². The minimum absolute atomic E-state index is 0.433. The first-order valence-corrected chi connectivity index (χ1v) is 10.7. The minimum atomic E-state index is -0.433. The molecule has 0 aliphatic rings. The van der Waals surface area contributed by atoms with E-state index in [1.165, 1.54) is 5.56 Å². The van der Waals surface area contributed by atoms with E-state index in [2.05, 4.69) is 29.3 Å². The Hall–Kier alpha value is -3.58. The lowest BCUT2D eigenvalue weighted by Gasteiger charge is -2.14. The van der Waals surface area contributed by atoms with Crippen molar-refractivity contribution in [2.45, 2.75) is 17.8 Å². The third kappa shape index (κ3) is 4.46. The fourth-order valence-electron chi connectivity index (χ4n) is 3.20. The van der Waals surface area contributed by atoms with Crippen molar-refractivity contribution in [2.24, 2.45) is 5.73 Å². The molecule has 3 aromatic carbocycles. The van der Waals surface area contributed by atoms with Crippen LogP contribution in [0.3, 0.4) is 0 Å². The minimum Gasteiger partial charge on any atom is -0.495 e. The van der Waals surface area contributed by atoms with Crippen LogP contribution in [0.15, 0.2) is 78.0 Å². The van der Waals surface area contributed by atoms with Gasteiger partial charge in [0.15, 0.2) is 11.0 Å². The van der Waals surface area contributed by atoms with Gasteiger partial charge in [0.05, 0.1) is 12.8 Å². The number of hydrogen-bond donors (Lipinski definition) is 1. The highest BCUT2D eigenvalue weighted by molar-refractivity contribution is 7.98. The number of amides is 1. The molecule has 0 fully saturated rings. The average molecular weight is 431 g/mol. The summed E-state index contributed by atoms with van der Waals surface area (Å²) in [5.41, 5.74) is 9.91. The van der Waals surface area contributed by atoms with Crippen LogP contribution in [0.1, 0.15) is 21.5 Å². The predicted octanol–water partition coefficient (Wildman–Crippen LogP) is 4.64. The van der Waals surface area contributed by atoms with Crippen molar-refractivity contribution in [3.8, 4) is 22.8 Å². The van der Waals surface area contributed by atoms with Gasteiger partial charge in [-0.05, 0) is 36.8 Å². The number of rotatable bonds is 7. The van der Waals surface area contributed by atoms with Gasteiger partial charge in [-0.25, -0.2) is 0 Å². The van der Waals surface area contributed by atoms with E-state index in [1.807, 2.05) is 53.1 Å². The van der Waals surface area contributed by atoms with Gasteiger partial charge in [0.25, 0.3) is 0 Å². The summed E-state index contributed by atoms with van der Waals surface area (Å²) in [7, 11) is 1.65. The van der Waals surface area contributed by atoms with Crippen LogP contribution in [0.5, 0.6) is 5.75 Å². The van der Waals surface area contributed by atoms with Gasteiger partial charge in [0, 0.05) is 16.9 Å². The first-order chi connectivity index (χ1) is 15.1. The summed E-state index contributed by atoms with van der Waals surface area (Å²) in [4.78, 5) is 11.3. The van der Waals surface area contributed by atoms with E-state index in [-0.39, 0.29) is 0 Å². The van der Waals surface area contributed by atoms with Crippen molar-refractivity contribution in [3.05, 3.63) is 89.5 Å². The Morgan fingerprint density at radius 2 is 1.71 bits per heavy atom. The number of carbonyl (C=O) groups is 1. The molecule has 1 amide bonds. The van der Waals surface area contributed by atoms with Crippen molar-refractivity contribution in [1.82, 2.24) is 14.8 Å². The lowest BCUT2D eigenvalue weighted by molar-refractivity contribution is 0.100. The summed E-state index contributed by atoms with van der Waals surface area (Å²) >= 11 is 1.56. The molecular formula is C24H22N4O2S. The molecule has 0 radical (unpaired) electrons. The zero-order chi connectivity index (χ0) is 21.8. The highest BCUT2D eigenvalue weighted by Gasteiger charge is 2.19. The van der Waals surface area contributed by atoms with Crippen molar-refractivity contribution < 1.29 is 9.53 Å². The number of nitrogens with two attached hydrogens (primary N) is 1. The summed E-state index contributed by atoms with van der Waals surface area (Å²) < 4.78 is 7.62. The smallest absolute Gasteiger partial charge is 0.248 e. The molecule has 2 N–H and O–H groups in total. The molecule has 0 bridgehead atoms. The van der Waals surface area contributed by atoms with Crippen LogP contribution in [0.4, 0.5) is 0 Å². The summed E-state index contributed by atoms with van der Waals surface area (Å²) in [5, 5.41) is 9.72. The second kappa shape index (κ2) is 9.06. The first-order valence-electron chi connectivity index (χ1n) is 9.74. The maximum Gasteiger partial charge on any atom is 0.248 e.